The maximum absolute atomic E-state index is 13.9. The summed E-state index contributed by atoms with van der Waals surface area (Å²) in [6, 6.07) is 16.2. The molecule has 0 saturated heterocycles. The molecule has 1 aromatic heterocycles. The van der Waals surface area contributed by atoms with Gasteiger partial charge in [-0.3, -0.25) is 4.79 Å². The number of halogens is 3. The van der Waals surface area contributed by atoms with Gasteiger partial charge in [-0.1, -0.05) is 35.9 Å². The molecule has 3 aromatic carbocycles. The largest absolute Gasteiger partial charge is 0.490 e. The molecule has 0 fully saturated rings. The molecule has 0 saturated carbocycles. The molecule has 1 heterocycles. The third kappa shape index (κ3) is 5.26. The molecule has 0 aliphatic carbocycles. The van der Waals surface area contributed by atoms with Crippen molar-refractivity contribution < 1.29 is 31.8 Å². The number of benzene rings is 3. The van der Waals surface area contributed by atoms with E-state index in [-0.39, 0.29) is 41.4 Å². The number of fused-ring (bicyclic) bond motifs is 1. The van der Waals surface area contributed by atoms with Gasteiger partial charge in [0.2, 0.25) is 11.2 Å². The van der Waals surface area contributed by atoms with E-state index in [1.807, 2.05) is 32.0 Å². The Hall–Kier alpha value is -3.94. The van der Waals surface area contributed by atoms with Crippen LogP contribution in [0.25, 0.3) is 11.0 Å². The second-order valence-corrected chi connectivity index (χ2v) is 7.95. The van der Waals surface area contributed by atoms with Crippen LogP contribution in [0.3, 0.4) is 0 Å². The molecule has 4 rings (SSSR count). The normalized spacial score (nSPS) is 11.5. The lowest BCUT2D eigenvalue weighted by Gasteiger charge is -2.15. The summed E-state index contributed by atoms with van der Waals surface area (Å²) in [6.45, 7) is 6.10. The third-order valence-corrected chi connectivity index (χ3v) is 5.34. The molecule has 0 radical (unpaired) electrons. The number of ether oxygens (including phenoxy) is 3. The number of hydrogen-bond donors (Lipinski definition) is 0. The van der Waals surface area contributed by atoms with Crippen molar-refractivity contribution in [3.05, 3.63) is 93.3 Å². The van der Waals surface area contributed by atoms with Gasteiger partial charge in [-0.15, -0.1) is 0 Å². The second kappa shape index (κ2) is 9.74. The summed E-state index contributed by atoms with van der Waals surface area (Å²) in [5, 5.41) is -0.0685. The Labute approximate surface area is 199 Å². The van der Waals surface area contributed by atoms with Gasteiger partial charge in [0, 0.05) is 6.07 Å². The van der Waals surface area contributed by atoms with E-state index in [4.69, 9.17) is 18.6 Å². The van der Waals surface area contributed by atoms with Crippen LogP contribution in [0.4, 0.5) is 13.2 Å². The van der Waals surface area contributed by atoms with Gasteiger partial charge >= 0.3 is 6.18 Å². The quantitative estimate of drug-likeness (QED) is 0.278. The zero-order valence-electron chi connectivity index (χ0n) is 19.4. The first-order chi connectivity index (χ1) is 16.7. The summed E-state index contributed by atoms with van der Waals surface area (Å²) in [4.78, 5) is 13.1. The van der Waals surface area contributed by atoms with Crippen molar-refractivity contribution in [2.45, 2.75) is 33.6 Å². The van der Waals surface area contributed by atoms with Crippen LogP contribution in [0.5, 0.6) is 23.0 Å². The minimum absolute atomic E-state index is 0.0278. The van der Waals surface area contributed by atoms with E-state index in [1.54, 1.807) is 19.1 Å². The summed E-state index contributed by atoms with van der Waals surface area (Å²) in [5.41, 5.74) is 1.82. The van der Waals surface area contributed by atoms with Crippen molar-refractivity contribution in [2.24, 2.45) is 0 Å². The summed E-state index contributed by atoms with van der Waals surface area (Å²) in [6.07, 6.45) is -4.97. The van der Waals surface area contributed by atoms with Gasteiger partial charge in [0.1, 0.15) is 17.9 Å². The van der Waals surface area contributed by atoms with Crippen molar-refractivity contribution in [1.29, 1.82) is 0 Å². The van der Waals surface area contributed by atoms with Crippen LogP contribution in [-0.4, -0.2) is 6.61 Å². The number of hydrogen-bond acceptors (Lipinski definition) is 5. The number of alkyl halides is 3. The highest BCUT2D eigenvalue weighted by atomic mass is 19.4. The van der Waals surface area contributed by atoms with Crippen molar-refractivity contribution in [3.8, 4) is 23.0 Å². The van der Waals surface area contributed by atoms with Crippen LogP contribution in [0, 0.1) is 13.8 Å². The molecule has 35 heavy (non-hydrogen) atoms. The number of aryl methyl sites for hydroxylation is 2. The summed E-state index contributed by atoms with van der Waals surface area (Å²) >= 11 is 0. The summed E-state index contributed by atoms with van der Waals surface area (Å²) in [7, 11) is 0. The van der Waals surface area contributed by atoms with Gasteiger partial charge in [-0.05, 0) is 56.2 Å². The summed E-state index contributed by atoms with van der Waals surface area (Å²) in [5.74, 6) is -2.04. The highest BCUT2D eigenvalue weighted by Crippen LogP contribution is 2.40. The molecule has 0 spiro atoms. The van der Waals surface area contributed by atoms with Gasteiger partial charge in [0.25, 0.3) is 5.76 Å². The first-order valence-corrected chi connectivity index (χ1v) is 10.9. The topological polar surface area (TPSA) is 57.9 Å². The maximum Gasteiger partial charge on any atom is 0.453 e. The predicted octanol–water partition coefficient (Wildman–Crippen LogP) is 7.20. The van der Waals surface area contributed by atoms with Crippen molar-refractivity contribution in [2.75, 3.05) is 6.61 Å². The van der Waals surface area contributed by atoms with Gasteiger partial charge in [-0.2, -0.15) is 13.2 Å². The van der Waals surface area contributed by atoms with Gasteiger partial charge in [0.05, 0.1) is 12.0 Å². The first kappa shape index (κ1) is 24.2. The predicted molar refractivity (Wildman–Crippen MR) is 125 cm³/mol. The van der Waals surface area contributed by atoms with Crippen LogP contribution in [-0.2, 0) is 12.8 Å². The zero-order chi connectivity index (χ0) is 25.2. The Morgan fingerprint density at radius 2 is 1.66 bits per heavy atom. The van der Waals surface area contributed by atoms with Crippen molar-refractivity contribution >= 4 is 11.0 Å². The number of para-hydroxylation sites is 2. The van der Waals surface area contributed by atoms with Crippen molar-refractivity contribution in [3.63, 3.8) is 0 Å². The Kier molecular flexibility index (Phi) is 6.73. The highest BCUT2D eigenvalue weighted by molar-refractivity contribution is 5.80. The Balaban J connectivity index is 1.73. The standard InChI is InChI=1S/C27H23F3O5/c1-4-32-21-7-5-6-8-22(21)34-25-24(31)20-12-11-19(14-23(20)35-26(25)27(28,29)30)33-15-18-13-16(2)9-10-17(18)3/h5-14H,4,15H2,1-3H3. The number of rotatable bonds is 7. The lowest BCUT2D eigenvalue weighted by Crippen LogP contribution is -2.15. The fraction of sp³-hybridized carbons (Fsp3) is 0.222. The van der Waals surface area contributed by atoms with Crippen LogP contribution in [0.15, 0.2) is 69.9 Å². The fourth-order valence-electron chi connectivity index (χ4n) is 3.56. The molecular weight excluding hydrogens is 461 g/mol. The zero-order valence-corrected chi connectivity index (χ0v) is 19.4. The smallest absolute Gasteiger partial charge is 0.453 e. The SMILES string of the molecule is CCOc1ccccc1Oc1c(C(F)(F)F)oc2cc(OCc3cc(C)ccc3C)ccc2c1=O. The molecule has 0 atom stereocenters. The lowest BCUT2D eigenvalue weighted by atomic mass is 10.1. The van der Waals surface area contributed by atoms with Gasteiger partial charge < -0.3 is 18.6 Å². The molecule has 5 nitrogen and oxygen atoms in total. The van der Waals surface area contributed by atoms with Crippen LogP contribution >= 0.6 is 0 Å². The first-order valence-electron chi connectivity index (χ1n) is 10.9. The Bertz CT molecular complexity index is 1420. The fourth-order valence-corrected chi connectivity index (χ4v) is 3.56. The molecule has 182 valence electrons. The van der Waals surface area contributed by atoms with E-state index in [0.29, 0.717) is 0 Å². The van der Waals surface area contributed by atoms with Crippen LogP contribution < -0.4 is 19.6 Å². The van der Waals surface area contributed by atoms with Crippen LogP contribution in [0.2, 0.25) is 0 Å². The highest BCUT2D eigenvalue weighted by Gasteiger charge is 2.40. The minimum Gasteiger partial charge on any atom is -0.490 e. The Morgan fingerprint density at radius 1 is 0.914 bits per heavy atom. The monoisotopic (exact) mass is 484 g/mol. The van der Waals surface area contributed by atoms with Gasteiger partial charge in [0.15, 0.2) is 11.5 Å². The van der Waals surface area contributed by atoms with E-state index in [1.165, 1.54) is 30.3 Å². The van der Waals surface area contributed by atoms with E-state index < -0.39 is 23.1 Å². The molecule has 0 unspecified atom stereocenters. The molecule has 0 aliphatic heterocycles. The van der Waals surface area contributed by atoms with E-state index in [9.17, 15) is 18.0 Å². The molecule has 0 amide bonds. The molecule has 0 N–H and O–H groups in total. The van der Waals surface area contributed by atoms with Gasteiger partial charge in [-0.25, -0.2) is 0 Å². The molecular formula is C27H23F3O5. The van der Waals surface area contributed by atoms with E-state index in [0.717, 1.165) is 16.7 Å². The van der Waals surface area contributed by atoms with E-state index in [2.05, 4.69) is 0 Å². The van der Waals surface area contributed by atoms with Crippen molar-refractivity contribution in [1.82, 2.24) is 0 Å². The Morgan fingerprint density at radius 3 is 2.37 bits per heavy atom. The molecule has 0 bridgehead atoms. The lowest BCUT2D eigenvalue weighted by molar-refractivity contribution is -0.154. The van der Waals surface area contributed by atoms with Crippen LogP contribution in [0.1, 0.15) is 29.4 Å². The average molecular weight is 484 g/mol. The minimum atomic E-state index is -4.97. The summed E-state index contributed by atoms with van der Waals surface area (Å²) < 4.78 is 63.4. The molecule has 8 heteroatoms. The molecule has 4 aromatic rings. The van der Waals surface area contributed by atoms with E-state index >= 15 is 0 Å². The average Bonchev–Trinajstić information content (AvgIpc) is 2.82. The molecule has 0 aliphatic rings. The maximum atomic E-state index is 13.9. The third-order valence-electron chi connectivity index (χ3n) is 5.34. The second-order valence-electron chi connectivity index (χ2n) is 7.95.